The van der Waals surface area contributed by atoms with Gasteiger partial charge in [-0.3, -0.25) is 14.9 Å². The maximum absolute atomic E-state index is 14.9. The maximum Gasteiger partial charge on any atom is 0.324 e. The molecular formula is C26H24FN3O6. The third-order valence-electron chi connectivity index (χ3n) is 6.12. The minimum atomic E-state index is -0.821. The smallest absolute Gasteiger partial charge is 0.324 e. The van der Waals surface area contributed by atoms with Crippen molar-refractivity contribution >= 4 is 17.6 Å². The Morgan fingerprint density at radius 3 is 2.53 bits per heavy atom. The van der Waals surface area contributed by atoms with Crippen LogP contribution in [0.15, 0.2) is 60.7 Å². The number of nitrogens with one attached hydrogen (secondary N) is 1. The number of urea groups is 1. The van der Waals surface area contributed by atoms with Gasteiger partial charge in [0.2, 0.25) is 6.79 Å². The van der Waals surface area contributed by atoms with E-state index in [9.17, 15) is 14.0 Å². The molecule has 0 atom stereocenters. The third kappa shape index (κ3) is 4.81. The summed E-state index contributed by atoms with van der Waals surface area (Å²) < 4.78 is 31.2. The van der Waals surface area contributed by atoms with Gasteiger partial charge in [-0.1, -0.05) is 24.3 Å². The second kappa shape index (κ2) is 10.2. The largest absolute Gasteiger partial charge is 0.454 e. The first-order valence-corrected chi connectivity index (χ1v) is 11.4. The SMILES string of the molecule is O=C(NO)c1ccc(CN(C(=O)N2CCOCC2)c2cccc(-c3ccc4c(c3)OCO4)c2)c(F)c1. The lowest BCUT2D eigenvalue weighted by molar-refractivity contribution is 0.0548. The first kappa shape index (κ1) is 23.6. The Balaban J connectivity index is 1.49. The maximum atomic E-state index is 14.9. The van der Waals surface area contributed by atoms with Gasteiger partial charge in [-0.05, 0) is 47.5 Å². The molecule has 0 saturated carbocycles. The van der Waals surface area contributed by atoms with Gasteiger partial charge < -0.3 is 19.1 Å². The number of anilines is 1. The number of fused-ring (bicyclic) bond motifs is 1. The van der Waals surface area contributed by atoms with E-state index in [-0.39, 0.29) is 30.5 Å². The molecule has 0 aliphatic carbocycles. The molecule has 2 aliphatic rings. The standard InChI is InChI=1S/C26H24FN3O6/c27-22-13-19(25(31)28-33)4-5-20(22)15-30(26(32)29-8-10-34-11-9-29)21-3-1-2-17(12-21)18-6-7-23-24(14-18)36-16-35-23/h1-7,12-14,33H,8-11,15-16H2,(H,28,31). The molecule has 3 amide bonds. The summed E-state index contributed by atoms with van der Waals surface area (Å²) in [5.41, 5.74) is 3.99. The molecule has 3 aromatic rings. The zero-order valence-corrected chi connectivity index (χ0v) is 19.3. The average molecular weight is 493 g/mol. The normalized spacial score (nSPS) is 14.4. The van der Waals surface area contributed by atoms with Crippen LogP contribution in [0.5, 0.6) is 11.5 Å². The number of carbonyl (C=O) groups excluding carboxylic acids is 2. The Morgan fingerprint density at radius 1 is 0.972 bits per heavy atom. The molecular weight excluding hydrogens is 469 g/mol. The van der Waals surface area contributed by atoms with E-state index in [1.807, 2.05) is 36.4 Å². The van der Waals surface area contributed by atoms with Crippen molar-refractivity contribution < 1.29 is 33.4 Å². The van der Waals surface area contributed by atoms with Gasteiger partial charge in [0.25, 0.3) is 5.91 Å². The molecule has 2 heterocycles. The van der Waals surface area contributed by atoms with Gasteiger partial charge in [0.05, 0.1) is 19.8 Å². The summed E-state index contributed by atoms with van der Waals surface area (Å²) >= 11 is 0. The van der Waals surface area contributed by atoms with Gasteiger partial charge in [0, 0.05) is 29.9 Å². The van der Waals surface area contributed by atoms with Crippen LogP contribution in [0.25, 0.3) is 11.1 Å². The highest BCUT2D eigenvalue weighted by Gasteiger charge is 2.26. The number of rotatable bonds is 5. The predicted molar refractivity (Wildman–Crippen MR) is 128 cm³/mol. The summed E-state index contributed by atoms with van der Waals surface area (Å²) in [5, 5.41) is 8.83. The summed E-state index contributed by atoms with van der Waals surface area (Å²) in [6.45, 7) is 1.81. The number of benzene rings is 3. The summed E-state index contributed by atoms with van der Waals surface area (Å²) in [6.07, 6.45) is 0. The number of ether oxygens (including phenoxy) is 3. The van der Waals surface area contributed by atoms with E-state index in [0.717, 1.165) is 17.2 Å². The minimum absolute atomic E-state index is 0.0328. The van der Waals surface area contributed by atoms with Gasteiger partial charge in [0.15, 0.2) is 11.5 Å². The molecule has 0 spiro atoms. The Bertz CT molecular complexity index is 1290. The molecule has 2 aliphatic heterocycles. The van der Waals surface area contributed by atoms with Crippen LogP contribution in [0.1, 0.15) is 15.9 Å². The van der Waals surface area contributed by atoms with Gasteiger partial charge in [-0.15, -0.1) is 0 Å². The predicted octanol–water partition coefficient (Wildman–Crippen LogP) is 3.80. The number of carbonyl (C=O) groups is 2. The Morgan fingerprint density at radius 2 is 1.75 bits per heavy atom. The topological polar surface area (TPSA) is 101 Å². The van der Waals surface area contributed by atoms with Crippen LogP contribution in [0.2, 0.25) is 0 Å². The van der Waals surface area contributed by atoms with Crippen molar-refractivity contribution in [1.29, 1.82) is 0 Å². The van der Waals surface area contributed by atoms with E-state index in [2.05, 4.69) is 0 Å². The van der Waals surface area contributed by atoms with Crippen molar-refractivity contribution in [2.24, 2.45) is 0 Å². The fourth-order valence-corrected chi connectivity index (χ4v) is 4.18. The molecule has 10 heteroatoms. The van der Waals surface area contributed by atoms with Crippen LogP contribution in [0, 0.1) is 5.82 Å². The molecule has 0 radical (unpaired) electrons. The summed E-state index contributed by atoms with van der Waals surface area (Å²) in [7, 11) is 0. The number of amides is 3. The highest BCUT2D eigenvalue weighted by atomic mass is 19.1. The second-order valence-electron chi connectivity index (χ2n) is 8.33. The number of hydroxylamine groups is 1. The lowest BCUT2D eigenvalue weighted by Crippen LogP contribution is -2.48. The van der Waals surface area contributed by atoms with Crippen molar-refractivity contribution in [3.8, 4) is 22.6 Å². The van der Waals surface area contributed by atoms with Crippen LogP contribution < -0.4 is 19.9 Å². The Labute approximate surface area is 206 Å². The quantitative estimate of drug-likeness (QED) is 0.414. The minimum Gasteiger partial charge on any atom is -0.454 e. The lowest BCUT2D eigenvalue weighted by Gasteiger charge is -2.33. The highest BCUT2D eigenvalue weighted by molar-refractivity contribution is 5.94. The van der Waals surface area contributed by atoms with Gasteiger partial charge in [0.1, 0.15) is 5.82 Å². The van der Waals surface area contributed by atoms with Crippen LogP contribution in [-0.4, -0.2) is 55.1 Å². The van der Waals surface area contributed by atoms with E-state index in [4.69, 9.17) is 19.4 Å². The Hall–Kier alpha value is -4.15. The van der Waals surface area contributed by atoms with Crippen LogP contribution in [-0.2, 0) is 11.3 Å². The molecule has 0 unspecified atom stereocenters. The molecule has 3 aromatic carbocycles. The van der Waals surface area contributed by atoms with E-state index in [1.54, 1.807) is 11.0 Å². The molecule has 5 rings (SSSR count). The zero-order chi connectivity index (χ0) is 25.1. The number of hydrogen-bond donors (Lipinski definition) is 2. The van der Waals surface area contributed by atoms with Crippen molar-refractivity contribution in [1.82, 2.24) is 10.4 Å². The van der Waals surface area contributed by atoms with Gasteiger partial charge in [-0.2, -0.15) is 0 Å². The molecule has 0 aromatic heterocycles. The monoisotopic (exact) mass is 493 g/mol. The number of halogens is 1. The summed E-state index contributed by atoms with van der Waals surface area (Å²) in [5.74, 6) is -0.165. The fourth-order valence-electron chi connectivity index (χ4n) is 4.18. The molecule has 9 nitrogen and oxygen atoms in total. The number of hydrogen-bond acceptors (Lipinski definition) is 6. The van der Waals surface area contributed by atoms with Crippen molar-refractivity contribution in [3.63, 3.8) is 0 Å². The first-order chi connectivity index (χ1) is 17.5. The van der Waals surface area contributed by atoms with Crippen LogP contribution in [0.4, 0.5) is 14.9 Å². The van der Waals surface area contributed by atoms with Crippen LogP contribution in [0.3, 0.4) is 0 Å². The summed E-state index contributed by atoms with van der Waals surface area (Å²) in [6, 6.07) is 16.6. The van der Waals surface area contributed by atoms with Gasteiger partial charge in [-0.25, -0.2) is 14.7 Å². The highest BCUT2D eigenvalue weighted by Crippen LogP contribution is 2.37. The van der Waals surface area contributed by atoms with Crippen LogP contribution >= 0.6 is 0 Å². The molecule has 1 saturated heterocycles. The van der Waals surface area contributed by atoms with E-state index < -0.39 is 11.7 Å². The molecule has 1 fully saturated rings. The van der Waals surface area contributed by atoms with Crippen molar-refractivity contribution in [2.75, 3.05) is 38.0 Å². The van der Waals surface area contributed by atoms with E-state index in [0.29, 0.717) is 43.5 Å². The zero-order valence-electron chi connectivity index (χ0n) is 19.3. The van der Waals surface area contributed by atoms with E-state index >= 15 is 0 Å². The molecule has 186 valence electrons. The summed E-state index contributed by atoms with van der Waals surface area (Å²) in [4.78, 5) is 28.4. The van der Waals surface area contributed by atoms with Crippen molar-refractivity contribution in [2.45, 2.75) is 6.54 Å². The number of morpholine rings is 1. The first-order valence-electron chi connectivity index (χ1n) is 11.4. The number of nitrogens with zero attached hydrogens (tertiary/aromatic N) is 2. The molecule has 36 heavy (non-hydrogen) atoms. The second-order valence-corrected chi connectivity index (χ2v) is 8.33. The third-order valence-corrected chi connectivity index (χ3v) is 6.12. The lowest BCUT2D eigenvalue weighted by atomic mass is 10.0. The fraction of sp³-hybridized carbons (Fsp3) is 0.231. The van der Waals surface area contributed by atoms with E-state index in [1.165, 1.54) is 22.5 Å². The average Bonchev–Trinajstić information content (AvgIpc) is 3.40. The van der Waals surface area contributed by atoms with Crippen molar-refractivity contribution in [3.05, 3.63) is 77.6 Å². The Kier molecular flexibility index (Phi) is 6.70. The molecule has 0 bridgehead atoms. The molecule has 2 N–H and O–H groups in total. The van der Waals surface area contributed by atoms with Gasteiger partial charge >= 0.3 is 6.03 Å².